The van der Waals surface area contributed by atoms with Crippen LogP contribution in [0, 0.1) is 11.8 Å². The van der Waals surface area contributed by atoms with Crippen molar-refractivity contribution in [2.75, 3.05) is 0 Å². The molecular weight excluding hydrogens is 288 g/mol. The van der Waals surface area contributed by atoms with Gasteiger partial charge in [-0.3, -0.25) is 0 Å². The Morgan fingerprint density at radius 2 is 1.74 bits per heavy atom. The van der Waals surface area contributed by atoms with Crippen LogP contribution in [-0.4, -0.2) is 32.1 Å². The van der Waals surface area contributed by atoms with Gasteiger partial charge in [-0.05, 0) is 84.6 Å². The molecule has 2 aliphatic rings. The van der Waals surface area contributed by atoms with E-state index in [9.17, 15) is 15.3 Å². The van der Waals surface area contributed by atoms with Crippen molar-refractivity contribution in [3.8, 4) is 0 Å². The zero-order valence-corrected chi connectivity index (χ0v) is 15.4. The van der Waals surface area contributed by atoms with E-state index in [2.05, 4.69) is 19.1 Å². The van der Waals surface area contributed by atoms with E-state index in [-0.39, 0.29) is 11.8 Å². The van der Waals surface area contributed by atoms with E-state index in [4.69, 9.17) is 0 Å². The van der Waals surface area contributed by atoms with Gasteiger partial charge in [0.15, 0.2) is 0 Å². The van der Waals surface area contributed by atoms with Gasteiger partial charge in [0, 0.05) is 5.92 Å². The van der Waals surface area contributed by atoms with Gasteiger partial charge in [-0.1, -0.05) is 17.7 Å². The Morgan fingerprint density at radius 3 is 2.35 bits per heavy atom. The van der Waals surface area contributed by atoms with Gasteiger partial charge in [0.1, 0.15) is 0 Å². The smallest absolute Gasteiger partial charge is 0.0800 e. The molecule has 0 unspecified atom stereocenters. The van der Waals surface area contributed by atoms with Gasteiger partial charge in [0.05, 0.1) is 16.8 Å². The van der Waals surface area contributed by atoms with Gasteiger partial charge in [0.2, 0.25) is 0 Å². The zero-order valence-electron chi connectivity index (χ0n) is 15.4. The first kappa shape index (κ1) is 18.7. The van der Waals surface area contributed by atoms with E-state index in [0.717, 1.165) is 31.3 Å². The highest BCUT2D eigenvalue weighted by Gasteiger charge is 2.49. The summed E-state index contributed by atoms with van der Waals surface area (Å²) in [6, 6.07) is 0. The average molecular weight is 322 g/mol. The molecule has 0 amide bonds. The highest BCUT2D eigenvalue weighted by Crippen LogP contribution is 2.48. The standard InChI is InChI=1S/C20H34O3/c1-14-7-6-11-19(4,22)16-10-12-20(5,23)17(16)13-15(9-8-14)18(2,3)21/h7,13,16-17,21-23H,6,8-12H2,1-5H3/b14-7+,15-13+/t16-,17-,19-,20-/m0/s1. The molecule has 1 fully saturated rings. The maximum atomic E-state index is 11.0. The molecule has 4 atom stereocenters. The quantitative estimate of drug-likeness (QED) is 0.645. The van der Waals surface area contributed by atoms with Crippen LogP contribution in [0.5, 0.6) is 0 Å². The molecule has 0 aromatic rings. The maximum absolute atomic E-state index is 11.0. The minimum absolute atomic E-state index is 0.0293. The second-order valence-corrected chi connectivity index (χ2v) is 8.73. The average Bonchev–Trinajstić information content (AvgIpc) is 2.67. The summed E-state index contributed by atoms with van der Waals surface area (Å²) in [6.45, 7) is 9.52. The fraction of sp³-hybridized carbons (Fsp3) is 0.800. The Bertz CT molecular complexity index is 492. The Labute approximate surface area is 141 Å². The Kier molecular flexibility index (Phi) is 5.16. The summed E-state index contributed by atoms with van der Waals surface area (Å²) in [7, 11) is 0. The van der Waals surface area contributed by atoms with Crippen LogP contribution in [0.4, 0.5) is 0 Å². The Balaban J connectivity index is 2.47. The monoisotopic (exact) mass is 322 g/mol. The van der Waals surface area contributed by atoms with Crippen LogP contribution in [0.15, 0.2) is 23.3 Å². The molecule has 0 saturated heterocycles. The lowest BCUT2D eigenvalue weighted by atomic mass is 9.74. The minimum atomic E-state index is -0.899. The maximum Gasteiger partial charge on any atom is 0.0800 e. The van der Waals surface area contributed by atoms with Crippen LogP contribution in [0.2, 0.25) is 0 Å². The van der Waals surface area contributed by atoms with Gasteiger partial charge in [-0.25, -0.2) is 0 Å². The summed E-state index contributed by atoms with van der Waals surface area (Å²) < 4.78 is 0. The first-order valence-electron chi connectivity index (χ1n) is 8.97. The molecular formula is C20H34O3. The highest BCUT2D eigenvalue weighted by molar-refractivity contribution is 5.22. The number of hydrogen-bond acceptors (Lipinski definition) is 3. The third kappa shape index (κ3) is 4.26. The Morgan fingerprint density at radius 1 is 1.09 bits per heavy atom. The molecule has 0 heterocycles. The topological polar surface area (TPSA) is 60.7 Å². The Hall–Kier alpha value is -0.640. The SMILES string of the molecule is C/C1=C\CC[C@](C)(O)[C@H]2CC[C@](C)(O)[C@H]2/C=C(/C(C)(C)O)CC1. The fourth-order valence-electron chi connectivity index (χ4n) is 4.26. The number of fused-ring (bicyclic) bond motifs is 1. The van der Waals surface area contributed by atoms with Crippen LogP contribution >= 0.6 is 0 Å². The van der Waals surface area contributed by atoms with Crippen LogP contribution in [0.25, 0.3) is 0 Å². The first-order valence-corrected chi connectivity index (χ1v) is 8.97. The van der Waals surface area contributed by atoms with E-state index in [1.54, 1.807) is 0 Å². The number of hydrogen-bond donors (Lipinski definition) is 3. The van der Waals surface area contributed by atoms with Crippen LogP contribution in [0.3, 0.4) is 0 Å². The lowest BCUT2D eigenvalue weighted by Crippen LogP contribution is -2.42. The summed E-state index contributed by atoms with van der Waals surface area (Å²) in [5.41, 5.74) is -0.242. The molecule has 3 nitrogen and oxygen atoms in total. The van der Waals surface area contributed by atoms with Gasteiger partial charge in [0.25, 0.3) is 0 Å². The molecule has 0 aromatic heterocycles. The van der Waals surface area contributed by atoms with Crippen molar-refractivity contribution >= 4 is 0 Å². The van der Waals surface area contributed by atoms with Crippen LogP contribution in [0.1, 0.15) is 73.1 Å². The van der Waals surface area contributed by atoms with Crippen LogP contribution in [-0.2, 0) is 0 Å². The molecule has 0 aliphatic heterocycles. The van der Waals surface area contributed by atoms with Gasteiger partial charge >= 0.3 is 0 Å². The molecule has 0 spiro atoms. The van der Waals surface area contributed by atoms with E-state index in [1.165, 1.54) is 5.57 Å². The van der Waals surface area contributed by atoms with Crippen molar-refractivity contribution in [3.63, 3.8) is 0 Å². The minimum Gasteiger partial charge on any atom is -0.390 e. The predicted molar refractivity (Wildman–Crippen MR) is 94.1 cm³/mol. The van der Waals surface area contributed by atoms with Crippen molar-refractivity contribution < 1.29 is 15.3 Å². The number of aliphatic hydroxyl groups is 3. The number of rotatable bonds is 1. The summed E-state index contributed by atoms with van der Waals surface area (Å²) in [6.07, 6.45) is 9.10. The van der Waals surface area contributed by atoms with Crippen molar-refractivity contribution in [2.24, 2.45) is 11.8 Å². The van der Waals surface area contributed by atoms with E-state index < -0.39 is 16.8 Å². The second-order valence-electron chi connectivity index (χ2n) is 8.73. The normalized spacial score (nSPS) is 44.5. The molecule has 3 N–H and O–H groups in total. The van der Waals surface area contributed by atoms with Crippen molar-refractivity contribution in [1.82, 2.24) is 0 Å². The van der Waals surface area contributed by atoms with Crippen molar-refractivity contribution in [2.45, 2.75) is 89.9 Å². The summed E-state index contributed by atoms with van der Waals surface area (Å²) >= 11 is 0. The second kappa shape index (κ2) is 6.34. The van der Waals surface area contributed by atoms with E-state index in [0.29, 0.717) is 12.8 Å². The largest absolute Gasteiger partial charge is 0.390 e. The molecule has 0 radical (unpaired) electrons. The molecule has 0 aromatic carbocycles. The molecule has 132 valence electrons. The lowest BCUT2D eigenvalue weighted by molar-refractivity contribution is -0.0458. The highest BCUT2D eigenvalue weighted by atomic mass is 16.3. The molecule has 0 bridgehead atoms. The molecule has 2 rings (SSSR count). The van der Waals surface area contributed by atoms with Crippen molar-refractivity contribution in [3.05, 3.63) is 23.3 Å². The van der Waals surface area contributed by atoms with Crippen LogP contribution < -0.4 is 0 Å². The molecule has 3 heteroatoms. The summed E-state index contributed by atoms with van der Waals surface area (Å²) in [4.78, 5) is 0. The fourth-order valence-corrected chi connectivity index (χ4v) is 4.26. The third-order valence-corrected chi connectivity index (χ3v) is 6.01. The zero-order chi connectivity index (χ0) is 17.5. The van der Waals surface area contributed by atoms with Gasteiger partial charge in [-0.2, -0.15) is 0 Å². The predicted octanol–water partition coefficient (Wildman–Crippen LogP) is 3.73. The third-order valence-electron chi connectivity index (χ3n) is 6.01. The lowest BCUT2D eigenvalue weighted by Gasteiger charge is -2.37. The molecule has 1 saturated carbocycles. The number of allylic oxidation sites excluding steroid dienone is 2. The van der Waals surface area contributed by atoms with Crippen molar-refractivity contribution in [1.29, 1.82) is 0 Å². The van der Waals surface area contributed by atoms with E-state index >= 15 is 0 Å². The molecule has 2 aliphatic carbocycles. The van der Waals surface area contributed by atoms with Gasteiger partial charge < -0.3 is 15.3 Å². The first-order chi connectivity index (χ1) is 10.4. The molecule has 23 heavy (non-hydrogen) atoms. The summed E-state index contributed by atoms with van der Waals surface area (Å²) in [5, 5.41) is 32.5. The van der Waals surface area contributed by atoms with Gasteiger partial charge in [-0.15, -0.1) is 0 Å². The summed E-state index contributed by atoms with van der Waals surface area (Å²) in [5.74, 6) is -0.0843. The van der Waals surface area contributed by atoms with E-state index in [1.807, 2.05) is 27.7 Å².